The highest BCUT2D eigenvalue weighted by molar-refractivity contribution is 5.93. The number of amides is 1. The van der Waals surface area contributed by atoms with E-state index in [4.69, 9.17) is 9.15 Å². The van der Waals surface area contributed by atoms with Crippen LogP contribution in [0.4, 0.5) is 0 Å². The van der Waals surface area contributed by atoms with Crippen molar-refractivity contribution in [2.45, 2.75) is 18.9 Å². The van der Waals surface area contributed by atoms with Crippen LogP contribution in [0.5, 0.6) is 5.75 Å². The third-order valence-electron chi connectivity index (χ3n) is 7.00. The van der Waals surface area contributed by atoms with Crippen LogP contribution in [0.1, 0.15) is 18.0 Å². The average Bonchev–Trinajstić information content (AvgIpc) is 2.87. The van der Waals surface area contributed by atoms with Crippen molar-refractivity contribution in [3.05, 3.63) is 99.3 Å². The van der Waals surface area contributed by atoms with Gasteiger partial charge in [0.2, 0.25) is 0 Å². The maximum absolute atomic E-state index is 13.0. The molecular formula is C28H24N2O5. The van der Waals surface area contributed by atoms with Crippen LogP contribution < -0.4 is 15.9 Å². The monoisotopic (exact) mass is 468 g/mol. The van der Waals surface area contributed by atoms with E-state index in [-0.39, 0.29) is 29.9 Å². The van der Waals surface area contributed by atoms with Gasteiger partial charge in [0.15, 0.2) is 6.61 Å². The van der Waals surface area contributed by atoms with E-state index in [1.54, 1.807) is 24.3 Å². The van der Waals surface area contributed by atoms with Gasteiger partial charge in [0.1, 0.15) is 11.3 Å². The molecule has 1 saturated heterocycles. The Bertz CT molecular complexity index is 1540. The fourth-order valence-electron chi connectivity index (χ4n) is 5.43. The molecular weight excluding hydrogens is 444 g/mol. The lowest BCUT2D eigenvalue weighted by atomic mass is 9.83. The lowest BCUT2D eigenvalue weighted by molar-refractivity contribution is -0.136. The first-order valence-electron chi connectivity index (χ1n) is 11.8. The third kappa shape index (κ3) is 4.03. The highest BCUT2D eigenvalue weighted by Gasteiger charge is 2.36. The molecule has 2 bridgehead atoms. The molecule has 4 heterocycles. The number of likely N-dealkylation sites (tertiary alicyclic amines) is 1. The Morgan fingerprint density at radius 3 is 2.66 bits per heavy atom. The molecule has 0 radical (unpaired) electrons. The van der Waals surface area contributed by atoms with E-state index < -0.39 is 5.63 Å². The summed E-state index contributed by atoms with van der Waals surface area (Å²) in [5, 5.41) is 0.798. The predicted octanol–water partition coefficient (Wildman–Crippen LogP) is 3.65. The van der Waals surface area contributed by atoms with Gasteiger partial charge in [0, 0.05) is 54.8 Å². The fraction of sp³-hybridized carbons (Fsp3) is 0.250. The molecule has 4 aromatic rings. The van der Waals surface area contributed by atoms with Gasteiger partial charge >= 0.3 is 5.63 Å². The highest BCUT2D eigenvalue weighted by atomic mass is 16.5. The molecule has 2 aliphatic rings. The van der Waals surface area contributed by atoms with E-state index in [0.29, 0.717) is 31.0 Å². The van der Waals surface area contributed by atoms with Crippen LogP contribution in [0, 0.1) is 5.92 Å². The molecule has 35 heavy (non-hydrogen) atoms. The lowest BCUT2D eigenvalue weighted by Gasteiger charge is -2.42. The minimum Gasteiger partial charge on any atom is -0.484 e. The Hall–Kier alpha value is -4.13. The zero-order valence-corrected chi connectivity index (χ0v) is 19.1. The molecule has 2 aromatic carbocycles. The average molecular weight is 469 g/mol. The fourth-order valence-corrected chi connectivity index (χ4v) is 5.43. The molecule has 2 atom stereocenters. The van der Waals surface area contributed by atoms with Crippen LogP contribution >= 0.6 is 0 Å². The summed E-state index contributed by atoms with van der Waals surface area (Å²) in [6, 6.07) is 21.8. The Labute approximate surface area is 201 Å². The second-order valence-electron chi connectivity index (χ2n) is 9.29. The summed E-state index contributed by atoms with van der Waals surface area (Å²) in [6.45, 7) is 1.74. The number of hydrogen-bond acceptors (Lipinski definition) is 5. The van der Waals surface area contributed by atoms with E-state index in [9.17, 15) is 14.4 Å². The number of benzene rings is 2. The number of pyridine rings is 1. The molecule has 2 aliphatic heterocycles. The second kappa shape index (κ2) is 8.58. The van der Waals surface area contributed by atoms with Gasteiger partial charge < -0.3 is 18.6 Å². The van der Waals surface area contributed by atoms with Crippen LogP contribution in [0.15, 0.2) is 86.8 Å². The van der Waals surface area contributed by atoms with E-state index in [0.717, 1.165) is 28.6 Å². The smallest absolute Gasteiger partial charge is 0.336 e. The van der Waals surface area contributed by atoms with Gasteiger partial charge in [-0.15, -0.1) is 0 Å². The molecule has 2 aromatic heterocycles. The van der Waals surface area contributed by atoms with Crippen molar-refractivity contribution in [3.8, 4) is 16.9 Å². The number of aromatic nitrogens is 1. The van der Waals surface area contributed by atoms with Gasteiger partial charge in [-0.2, -0.15) is 0 Å². The van der Waals surface area contributed by atoms with E-state index in [1.807, 2.05) is 51.9 Å². The number of rotatable bonds is 4. The molecule has 176 valence electrons. The van der Waals surface area contributed by atoms with E-state index >= 15 is 0 Å². The number of carbonyl (C=O) groups is 1. The number of carbonyl (C=O) groups excluding carboxylic acids is 1. The van der Waals surface area contributed by atoms with Crippen LogP contribution in [0.2, 0.25) is 0 Å². The van der Waals surface area contributed by atoms with Gasteiger partial charge in [-0.05, 0) is 41.7 Å². The predicted molar refractivity (Wildman–Crippen MR) is 132 cm³/mol. The third-order valence-corrected chi connectivity index (χ3v) is 7.00. The van der Waals surface area contributed by atoms with E-state index in [1.165, 1.54) is 6.07 Å². The molecule has 0 spiro atoms. The molecule has 0 unspecified atom stereocenters. The van der Waals surface area contributed by atoms with Crippen molar-refractivity contribution >= 4 is 16.9 Å². The molecule has 1 amide bonds. The summed E-state index contributed by atoms with van der Waals surface area (Å²) in [5.74, 6) is 0.794. The molecule has 0 aliphatic carbocycles. The Morgan fingerprint density at radius 2 is 1.80 bits per heavy atom. The largest absolute Gasteiger partial charge is 0.484 e. The summed E-state index contributed by atoms with van der Waals surface area (Å²) < 4.78 is 13.1. The Kier molecular flexibility index (Phi) is 5.25. The standard InChI is InChI=1S/C28H24N2O5/c31-26-8-4-7-24-20-11-18(15-30(24)26)14-29(16-20)27(32)17-34-21-9-10-22-23(19-5-2-1-3-6-19)13-28(33)35-25(22)12-21/h1-10,12-13,18,20H,11,14-17H2/t18-,20+/m0/s1. The zero-order valence-electron chi connectivity index (χ0n) is 19.1. The summed E-state index contributed by atoms with van der Waals surface area (Å²) in [4.78, 5) is 39.2. The number of piperidine rings is 1. The molecule has 7 heteroatoms. The minimum absolute atomic E-state index is 0.0266. The molecule has 7 nitrogen and oxygen atoms in total. The van der Waals surface area contributed by atoms with Crippen LogP contribution in [-0.4, -0.2) is 35.1 Å². The minimum atomic E-state index is -0.441. The van der Waals surface area contributed by atoms with Crippen molar-refractivity contribution in [2.75, 3.05) is 19.7 Å². The van der Waals surface area contributed by atoms with Crippen molar-refractivity contribution in [1.29, 1.82) is 0 Å². The maximum atomic E-state index is 13.0. The Morgan fingerprint density at radius 1 is 0.943 bits per heavy atom. The summed E-state index contributed by atoms with van der Waals surface area (Å²) >= 11 is 0. The van der Waals surface area contributed by atoms with Crippen molar-refractivity contribution in [3.63, 3.8) is 0 Å². The van der Waals surface area contributed by atoms with Crippen LogP contribution in [0.3, 0.4) is 0 Å². The van der Waals surface area contributed by atoms with Crippen molar-refractivity contribution in [2.24, 2.45) is 5.92 Å². The SMILES string of the molecule is O=C(COc1ccc2c(-c3ccccc3)cc(=O)oc2c1)N1C[C@@H]2C[C@H](C1)c1cccc(=O)n1C2. The zero-order chi connectivity index (χ0) is 23.9. The summed E-state index contributed by atoms with van der Waals surface area (Å²) in [7, 11) is 0. The van der Waals surface area contributed by atoms with Gasteiger partial charge in [0.05, 0.1) is 0 Å². The Balaban J connectivity index is 1.19. The van der Waals surface area contributed by atoms with Gasteiger partial charge in [-0.3, -0.25) is 9.59 Å². The molecule has 1 fully saturated rings. The molecule has 0 N–H and O–H groups in total. The topological polar surface area (TPSA) is 81.8 Å². The number of nitrogens with zero attached hydrogens (tertiary/aromatic N) is 2. The van der Waals surface area contributed by atoms with Gasteiger partial charge in [-0.1, -0.05) is 36.4 Å². The van der Waals surface area contributed by atoms with Crippen molar-refractivity contribution < 1.29 is 13.9 Å². The quantitative estimate of drug-likeness (QED) is 0.427. The first-order chi connectivity index (χ1) is 17.0. The lowest BCUT2D eigenvalue weighted by Crippen LogP contribution is -2.50. The normalized spacial score (nSPS) is 18.8. The van der Waals surface area contributed by atoms with Crippen molar-refractivity contribution in [1.82, 2.24) is 9.47 Å². The second-order valence-corrected chi connectivity index (χ2v) is 9.29. The first-order valence-corrected chi connectivity index (χ1v) is 11.8. The highest BCUT2D eigenvalue weighted by Crippen LogP contribution is 2.35. The summed E-state index contributed by atoms with van der Waals surface area (Å²) in [6.07, 6.45) is 0.988. The number of hydrogen-bond donors (Lipinski definition) is 0. The van der Waals surface area contributed by atoms with Gasteiger partial charge in [0.25, 0.3) is 11.5 Å². The van der Waals surface area contributed by atoms with Crippen LogP contribution in [0.25, 0.3) is 22.1 Å². The van der Waals surface area contributed by atoms with Crippen LogP contribution in [-0.2, 0) is 11.3 Å². The first kappa shape index (κ1) is 21.4. The van der Waals surface area contributed by atoms with E-state index in [2.05, 4.69) is 0 Å². The summed E-state index contributed by atoms with van der Waals surface area (Å²) in [5.41, 5.74) is 2.72. The number of fused-ring (bicyclic) bond motifs is 5. The van der Waals surface area contributed by atoms with Gasteiger partial charge in [-0.25, -0.2) is 4.79 Å². The molecule has 6 rings (SSSR count). The number of ether oxygens (including phenoxy) is 1. The molecule has 0 saturated carbocycles. The maximum Gasteiger partial charge on any atom is 0.336 e.